The Morgan fingerprint density at radius 2 is 2.38 bits per heavy atom. The summed E-state index contributed by atoms with van der Waals surface area (Å²) < 4.78 is 5.05. The average Bonchev–Trinajstić information content (AvgIpc) is 2.64. The summed E-state index contributed by atoms with van der Waals surface area (Å²) in [4.78, 5) is 17.9. The molecule has 0 saturated carbocycles. The van der Waals surface area contributed by atoms with Gasteiger partial charge in [-0.15, -0.1) is 0 Å². The molecule has 0 aliphatic carbocycles. The molecule has 0 radical (unpaired) electrons. The van der Waals surface area contributed by atoms with Gasteiger partial charge in [0.2, 0.25) is 5.76 Å². The molecule has 0 spiro atoms. The quantitative estimate of drug-likeness (QED) is 0.782. The van der Waals surface area contributed by atoms with Gasteiger partial charge >= 0.3 is 0 Å². The summed E-state index contributed by atoms with van der Waals surface area (Å²) in [7, 11) is 0. The number of hydrogen-bond acceptors (Lipinski definition) is 4. The highest BCUT2D eigenvalue weighted by molar-refractivity contribution is 7.80. The third-order valence-electron chi connectivity index (χ3n) is 2.24. The van der Waals surface area contributed by atoms with Crippen LogP contribution >= 0.6 is 12.2 Å². The molecule has 0 fully saturated rings. The smallest absolute Gasteiger partial charge is 0.291 e. The van der Waals surface area contributed by atoms with Crippen molar-refractivity contribution in [1.82, 2.24) is 9.88 Å². The van der Waals surface area contributed by atoms with Crippen LogP contribution in [0.15, 0.2) is 10.8 Å². The topological polar surface area (TPSA) is 72.4 Å². The number of carbonyl (C=O) groups excluding carboxylic acids is 1. The first-order valence-electron chi connectivity index (χ1n) is 5.04. The highest BCUT2D eigenvalue weighted by Gasteiger charge is 2.19. The first-order valence-corrected chi connectivity index (χ1v) is 5.44. The number of nitrogens with zero attached hydrogens (tertiary/aromatic N) is 2. The van der Waals surface area contributed by atoms with Gasteiger partial charge in [0, 0.05) is 19.5 Å². The summed E-state index contributed by atoms with van der Waals surface area (Å²) in [5, 5.41) is 0. The predicted octanol–water partition coefficient (Wildman–Crippen LogP) is 1.12. The molecule has 0 aliphatic heterocycles. The Balaban J connectivity index is 2.70. The number of hydrogen-bond donors (Lipinski definition) is 1. The summed E-state index contributed by atoms with van der Waals surface area (Å²) >= 11 is 4.78. The largest absolute Gasteiger partial charge is 0.438 e. The Morgan fingerprint density at radius 1 is 1.69 bits per heavy atom. The van der Waals surface area contributed by atoms with E-state index in [9.17, 15) is 4.79 Å². The number of rotatable bonds is 5. The number of oxazole rings is 1. The van der Waals surface area contributed by atoms with Crippen LogP contribution in [0.25, 0.3) is 0 Å². The molecule has 1 amide bonds. The molecular weight excluding hydrogens is 226 g/mol. The van der Waals surface area contributed by atoms with E-state index < -0.39 is 0 Å². The first kappa shape index (κ1) is 12.6. The van der Waals surface area contributed by atoms with Gasteiger partial charge in [0.1, 0.15) is 0 Å². The number of aromatic nitrogens is 1. The van der Waals surface area contributed by atoms with E-state index in [2.05, 4.69) is 4.98 Å². The summed E-state index contributed by atoms with van der Waals surface area (Å²) in [5.41, 5.74) is 6.00. The molecule has 1 aromatic rings. The minimum Gasteiger partial charge on any atom is -0.438 e. The molecule has 1 heterocycles. The zero-order valence-electron chi connectivity index (χ0n) is 9.40. The van der Waals surface area contributed by atoms with Gasteiger partial charge in [-0.1, -0.05) is 12.2 Å². The average molecular weight is 241 g/mol. The molecule has 0 aromatic carbocycles. The third-order valence-corrected chi connectivity index (χ3v) is 2.44. The van der Waals surface area contributed by atoms with Gasteiger partial charge in [0.15, 0.2) is 6.39 Å². The van der Waals surface area contributed by atoms with Crippen LogP contribution in [0.2, 0.25) is 0 Å². The lowest BCUT2D eigenvalue weighted by Crippen LogP contribution is -2.33. The minimum atomic E-state index is -0.172. The normalized spacial score (nSPS) is 10.1. The van der Waals surface area contributed by atoms with E-state index in [-0.39, 0.29) is 11.7 Å². The van der Waals surface area contributed by atoms with Crippen LogP contribution in [0.1, 0.15) is 29.6 Å². The Labute approximate surface area is 99.6 Å². The summed E-state index contributed by atoms with van der Waals surface area (Å²) in [6.07, 6.45) is 1.78. The molecule has 1 aromatic heterocycles. The molecule has 5 nitrogen and oxygen atoms in total. The number of nitrogens with two attached hydrogens (primary N) is 1. The van der Waals surface area contributed by atoms with Gasteiger partial charge in [0.05, 0.1) is 10.7 Å². The van der Waals surface area contributed by atoms with E-state index >= 15 is 0 Å². The standard InChI is InChI=1S/C10H15N3O2S/c1-3-13(5-4-8(11)16)10(14)9-7(2)12-6-15-9/h6H,3-5H2,1-2H3,(H2,11,16). The highest BCUT2D eigenvalue weighted by Crippen LogP contribution is 2.09. The Bertz CT molecular complexity index is 389. The van der Waals surface area contributed by atoms with Gasteiger partial charge in [-0.25, -0.2) is 4.98 Å². The monoisotopic (exact) mass is 241 g/mol. The van der Waals surface area contributed by atoms with Crippen molar-refractivity contribution in [1.29, 1.82) is 0 Å². The van der Waals surface area contributed by atoms with Crippen LogP contribution < -0.4 is 5.73 Å². The molecule has 0 bridgehead atoms. The lowest BCUT2D eigenvalue weighted by atomic mass is 10.3. The van der Waals surface area contributed by atoms with Crippen molar-refractivity contribution in [3.05, 3.63) is 17.8 Å². The minimum absolute atomic E-state index is 0.172. The molecule has 1 rings (SSSR count). The lowest BCUT2D eigenvalue weighted by Gasteiger charge is -2.19. The Morgan fingerprint density at radius 3 is 2.81 bits per heavy atom. The fourth-order valence-electron chi connectivity index (χ4n) is 1.30. The Kier molecular flexibility index (Phi) is 4.42. The van der Waals surface area contributed by atoms with Crippen molar-refractivity contribution < 1.29 is 9.21 Å². The van der Waals surface area contributed by atoms with Gasteiger partial charge in [-0.05, 0) is 13.8 Å². The molecule has 0 saturated heterocycles. The molecule has 0 unspecified atom stereocenters. The molecule has 16 heavy (non-hydrogen) atoms. The van der Waals surface area contributed by atoms with Crippen LogP contribution in [0.3, 0.4) is 0 Å². The predicted molar refractivity (Wildman–Crippen MR) is 64.2 cm³/mol. The lowest BCUT2D eigenvalue weighted by molar-refractivity contribution is 0.0736. The second-order valence-corrected chi connectivity index (χ2v) is 3.89. The maximum Gasteiger partial charge on any atom is 0.291 e. The van der Waals surface area contributed by atoms with E-state index in [0.717, 1.165) is 0 Å². The summed E-state index contributed by atoms with van der Waals surface area (Å²) in [6.45, 7) is 4.72. The van der Waals surface area contributed by atoms with Gasteiger partial charge in [-0.3, -0.25) is 4.79 Å². The maximum atomic E-state index is 12.0. The second kappa shape index (κ2) is 5.60. The number of thiocarbonyl (C=S) groups is 1. The molecule has 0 aliphatic rings. The number of amides is 1. The van der Waals surface area contributed by atoms with Crippen LogP contribution in [-0.4, -0.2) is 33.9 Å². The molecule has 88 valence electrons. The van der Waals surface area contributed by atoms with Crippen molar-refractivity contribution in [2.45, 2.75) is 20.3 Å². The SMILES string of the molecule is CCN(CCC(N)=S)C(=O)c1ocnc1C. The van der Waals surface area contributed by atoms with Crippen LogP contribution in [0.5, 0.6) is 0 Å². The van der Waals surface area contributed by atoms with Crippen molar-refractivity contribution in [2.75, 3.05) is 13.1 Å². The first-order chi connectivity index (χ1) is 7.56. The molecule has 6 heteroatoms. The zero-order chi connectivity index (χ0) is 12.1. The third kappa shape index (κ3) is 3.03. The molecule has 2 N–H and O–H groups in total. The van der Waals surface area contributed by atoms with E-state index in [1.807, 2.05) is 6.92 Å². The van der Waals surface area contributed by atoms with E-state index in [4.69, 9.17) is 22.4 Å². The van der Waals surface area contributed by atoms with E-state index in [1.54, 1.807) is 11.8 Å². The summed E-state index contributed by atoms with van der Waals surface area (Å²) in [6, 6.07) is 0. The number of aryl methyl sites for hydroxylation is 1. The van der Waals surface area contributed by atoms with Crippen molar-refractivity contribution in [3.63, 3.8) is 0 Å². The molecular formula is C10H15N3O2S. The second-order valence-electron chi connectivity index (χ2n) is 3.37. The highest BCUT2D eigenvalue weighted by atomic mass is 32.1. The number of carbonyl (C=O) groups is 1. The van der Waals surface area contributed by atoms with Gasteiger partial charge in [0.25, 0.3) is 5.91 Å². The summed E-state index contributed by atoms with van der Waals surface area (Å²) in [5.74, 6) is 0.110. The van der Waals surface area contributed by atoms with E-state index in [1.165, 1.54) is 6.39 Å². The van der Waals surface area contributed by atoms with Crippen LogP contribution in [0, 0.1) is 6.92 Å². The Hall–Kier alpha value is -1.43. The van der Waals surface area contributed by atoms with E-state index in [0.29, 0.717) is 30.2 Å². The van der Waals surface area contributed by atoms with Gasteiger partial charge in [-0.2, -0.15) is 0 Å². The fourth-order valence-corrected chi connectivity index (χ4v) is 1.39. The maximum absolute atomic E-state index is 12.0. The zero-order valence-corrected chi connectivity index (χ0v) is 10.2. The van der Waals surface area contributed by atoms with Crippen molar-refractivity contribution in [3.8, 4) is 0 Å². The van der Waals surface area contributed by atoms with Gasteiger partial charge < -0.3 is 15.1 Å². The van der Waals surface area contributed by atoms with Crippen molar-refractivity contribution >= 4 is 23.1 Å². The molecule has 0 atom stereocenters. The fraction of sp³-hybridized carbons (Fsp3) is 0.500. The van der Waals surface area contributed by atoms with Crippen LogP contribution in [0.4, 0.5) is 0 Å². The van der Waals surface area contributed by atoms with Crippen molar-refractivity contribution in [2.24, 2.45) is 5.73 Å². The van der Waals surface area contributed by atoms with Crippen LogP contribution in [-0.2, 0) is 0 Å².